The van der Waals surface area contributed by atoms with E-state index in [0.717, 1.165) is 0 Å². The zero-order chi connectivity index (χ0) is 7.78. The summed E-state index contributed by atoms with van der Waals surface area (Å²) in [5.74, 6) is 0.0904. The van der Waals surface area contributed by atoms with Crippen molar-refractivity contribution in [3.05, 3.63) is 0 Å². The maximum atomic E-state index is 10.8. The molecule has 3 heteroatoms. The molecule has 0 saturated heterocycles. The van der Waals surface area contributed by atoms with Crippen molar-refractivity contribution in [2.24, 2.45) is 0 Å². The second kappa shape index (κ2) is 2.51. The highest BCUT2D eigenvalue weighted by molar-refractivity contribution is 6.38. The minimum absolute atomic E-state index is 0.0633. The fourth-order valence-electron chi connectivity index (χ4n) is 1.02. The molecular formula is C7H11ClO2. The Morgan fingerprint density at radius 2 is 2.50 bits per heavy atom. The molecule has 0 aromatic rings. The highest BCUT2D eigenvalue weighted by atomic mass is 35.5. The fraction of sp³-hybridized carbons (Fsp3) is 0.857. The van der Waals surface area contributed by atoms with Gasteiger partial charge in [-0.15, -0.1) is 11.6 Å². The minimum Gasteiger partial charge on any atom is -0.376 e. The Hall–Kier alpha value is -0.0800. The zero-order valence-corrected chi connectivity index (χ0v) is 6.94. The minimum atomic E-state index is -0.740. The van der Waals surface area contributed by atoms with Crippen LogP contribution in [-0.2, 0) is 9.53 Å². The Morgan fingerprint density at radius 3 is 2.80 bits per heavy atom. The third-order valence-electron chi connectivity index (χ3n) is 1.89. The number of rotatable bonds is 2. The Kier molecular flexibility index (Phi) is 2.02. The Morgan fingerprint density at radius 1 is 1.90 bits per heavy atom. The van der Waals surface area contributed by atoms with Crippen LogP contribution in [-0.4, -0.2) is 23.4 Å². The lowest BCUT2D eigenvalue weighted by Crippen LogP contribution is -2.55. The smallest absolute Gasteiger partial charge is 0.158 e. The van der Waals surface area contributed by atoms with Crippen molar-refractivity contribution >= 4 is 17.4 Å². The van der Waals surface area contributed by atoms with Crippen molar-refractivity contribution < 1.29 is 9.53 Å². The monoisotopic (exact) mass is 162 g/mol. The normalized spacial score (nSPS) is 39.5. The van der Waals surface area contributed by atoms with Crippen LogP contribution in [0.4, 0.5) is 0 Å². The lowest BCUT2D eigenvalue weighted by molar-refractivity contribution is -0.139. The van der Waals surface area contributed by atoms with Crippen LogP contribution in [0.15, 0.2) is 0 Å². The number of halogens is 1. The van der Waals surface area contributed by atoms with Gasteiger partial charge in [-0.25, -0.2) is 0 Å². The molecule has 0 aliphatic heterocycles. The summed E-state index contributed by atoms with van der Waals surface area (Å²) in [6.45, 7) is 4.23. The summed E-state index contributed by atoms with van der Waals surface area (Å²) in [6.07, 6.45) is 0.417. The van der Waals surface area contributed by atoms with Gasteiger partial charge in [0, 0.05) is 13.0 Å². The van der Waals surface area contributed by atoms with Gasteiger partial charge in [0.2, 0.25) is 0 Å². The van der Waals surface area contributed by atoms with E-state index in [2.05, 4.69) is 0 Å². The number of carbonyl (C=O) groups excluding carboxylic acids is 1. The first-order valence-electron chi connectivity index (χ1n) is 3.43. The first-order valence-corrected chi connectivity index (χ1v) is 3.80. The molecule has 2 nitrogen and oxygen atoms in total. The molecular weight excluding hydrogens is 152 g/mol. The number of carbonyl (C=O) groups is 1. The van der Waals surface area contributed by atoms with E-state index in [4.69, 9.17) is 16.3 Å². The van der Waals surface area contributed by atoms with Gasteiger partial charge >= 0.3 is 0 Å². The molecule has 2 unspecified atom stereocenters. The average molecular weight is 163 g/mol. The maximum Gasteiger partial charge on any atom is 0.158 e. The lowest BCUT2D eigenvalue weighted by Gasteiger charge is -2.39. The van der Waals surface area contributed by atoms with Crippen molar-refractivity contribution in [1.29, 1.82) is 0 Å². The third-order valence-corrected chi connectivity index (χ3v) is 2.34. The third kappa shape index (κ3) is 1.06. The van der Waals surface area contributed by atoms with Gasteiger partial charge in [0.15, 0.2) is 5.78 Å². The molecule has 1 rings (SSSR count). The quantitative estimate of drug-likeness (QED) is 0.574. The number of ether oxygens (including phenoxy) is 1. The number of alkyl halides is 1. The Balaban J connectivity index is 2.46. The summed E-state index contributed by atoms with van der Waals surface area (Å²) >= 11 is 5.83. The van der Waals surface area contributed by atoms with Crippen LogP contribution < -0.4 is 0 Å². The Bertz CT molecular complexity index is 154. The van der Waals surface area contributed by atoms with Gasteiger partial charge < -0.3 is 4.74 Å². The molecule has 2 atom stereocenters. The fourth-order valence-corrected chi connectivity index (χ4v) is 1.24. The molecule has 0 radical (unpaired) electrons. The standard InChI is InChI=1S/C7H11ClO2/c1-3-10-6-4-5(9)7(6,2)8/h6H,3-4H2,1-2H3. The van der Waals surface area contributed by atoms with E-state index in [0.29, 0.717) is 13.0 Å². The van der Waals surface area contributed by atoms with Gasteiger partial charge in [-0.3, -0.25) is 4.79 Å². The van der Waals surface area contributed by atoms with E-state index in [-0.39, 0.29) is 11.9 Å². The number of hydrogen-bond acceptors (Lipinski definition) is 2. The summed E-state index contributed by atoms with van der Waals surface area (Å²) in [7, 11) is 0. The first-order chi connectivity index (χ1) is 4.59. The van der Waals surface area contributed by atoms with Crippen LogP contribution in [0.5, 0.6) is 0 Å². The molecule has 1 fully saturated rings. The van der Waals surface area contributed by atoms with Gasteiger partial charge in [0.05, 0.1) is 6.10 Å². The highest BCUT2D eigenvalue weighted by Gasteiger charge is 2.50. The maximum absolute atomic E-state index is 10.8. The molecule has 0 aromatic heterocycles. The predicted octanol–water partition coefficient (Wildman–Crippen LogP) is 1.36. The predicted molar refractivity (Wildman–Crippen MR) is 39.3 cm³/mol. The van der Waals surface area contributed by atoms with Crippen LogP contribution in [0.25, 0.3) is 0 Å². The van der Waals surface area contributed by atoms with Gasteiger partial charge in [-0.2, -0.15) is 0 Å². The van der Waals surface area contributed by atoms with E-state index in [9.17, 15) is 4.79 Å². The van der Waals surface area contributed by atoms with Crippen LogP contribution in [0, 0.1) is 0 Å². The van der Waals surface area contributed by atoms with Crippen molar-refractivity contribution in [3.63, 3.8) is 0 Å². The highest BCUT2D eigenvalue weighted by Crippen LogP contribution is 2.36. The van der Waals surface area contributed by atoms with Gasteiger partial charge in [-0.1, -0.05) is 0 Å². The summed E-state index contributed by atoms with van der Waals surface area (Å²) in [5, 5.41) is 0. The lowest BCUT2D eigenvalue weighted by atomic mass is 9.81. The van der Waals surface area contributed by atoms with Crippen molar-refractivity contribution in [1.82, 2.24) is 0 Å². The van der Waals surface area contributed by atoms with Gasteiger partial charge in [0.25, 0.3) is 0 Å². The van der Waals surface area contributed by atoms with Crippen molar-refractivity contribution in [3.8, 4) is 0 Å². The molecule has 0 heterocycles. The van der Waals surface area contributed by atoms with E-state index in [1.165, 1.54) is 0 Å². The molecule has 1 aliphatic rings. The van der Waals surface area contributed by atoms with Crippen LogP contribution >= 0.6 is 11.6 Å². The van der Waals surface area contributed by atoms with Gasteiger partial charge in [-0.05, 0) is 13.8 Å². The summed E-state index contributed by atoms with van der Waals surface area (Å²) < 4.78 is 5.21. The van der Waals surface area contributed by atoms with Crippen molar-refractivity contribution in [2.45, 2.75) is 31.2 Å². The summed E-state index contributed by atoms with van der Waals surface area (Å²) in [4.78, 5) is 10.1. The zero-order valence-electron chi connectivity index (χ0n) is 6.19. The van der Waals surface area contributed by atoms with E-state index >= 15 is 0 Å². The SMILES string of the molecule is CCOC1CC(=O)C1(C)Cl. The second-order valence-electron chi connectivity index (χ2n) is 2.65. The van der Waals surface area contributed by atoms with Crippen LogP contribution in [0.2, 0.25) is 0 Å². The summed E-state index contributed by atoms with van der Waals surface area (Å²) in [5.41, 5.74) is 0. The average Bonchev–Trinajstić information content (AvgIpc) is 1.88. The number of hydrogen-bond donors (Lipinski definition) is 0. The molecule has 58 valence electrons. The summed E-state index contributed by atoms with van der Waals surface area (Å²) in [6, 6.07) is 0. The Labute approximate surface area is 65.5 Å². The van der Waals surface area contributed by atoms with Crippen LogP contribution in [0.3, 0.4) is 0 Å². The molecule has 1 saturated carbocycles. The topological polar surface area (TPSA) is 26.3 Å². The van der Waals surface area contributed by atoms with Crippen LogP contribution in [0.1, 0.15) is 20.3 Å². The van der Waals surface area contributed by atoms with E-state index in [1.54, 1.807) is 6.92 Å². The van der Waals surface area contributed by atoms with Gasteiger partial charge in [0.1, 0.15) is 4.87 Å². The number of ketones is 1. The number of Topliss-reactive ketones (excluding diaryl/α,β-unsaturated/α-hetero) is 1. The second-order valence-corrected chi connectivity index (χ2v) is 3.43. The first kappa shape index (κ1) is 8.02. The van der Waals surface area contributed by atoms with E-state index < -0.39 is 4.87 Å². The molecule has 0 spiro atoms. The molecule has 0 amide bonds. The largest absolute Gasteiger partial charge is 0.376 e. The van der Waals surface area contributed by atoms with E-state index in [1.807, 2.05) is 6.92 Å². The molecule has 10 heavy (non-hydrogen) atoms. The molecule has 0 bridgehead atoms. The van der Waals surface area contributed by atoms with Crippen molar-refractivity contribution in [2.75, 3.05) is 6.61 Å². The molecule has 0 N–H and O–H groups in total. The molecule has 1 aliphatic carbocycles. The molecule has 0 aromatic carbocycles.